The van der Waals surface area contributed by atoms with Gasteiger partial charge in [-0.1, -0.05) is 4.49 Å². The zero-order valence-electron chi connectivity index (χ0n) is 5.66. The Balaban J connectivity index is 2.87. The zero-order chi connectivity index (χ0) is 8.27. The summed E-state index contributed by atoms with van der Waals surface area (Å²) in [5, 5.41) is 14.7. The number of hydrogen-bond acceptors (Lipinski definition) is 5. The summed E-state index contributed by atoms with van der Waals surface area (Å²) in [6.45, 7) is 1.36. The van der Waals surface area contributed by atoms with Crippen LogP contribution in [-0.2, 0) is 4.79 Å². The Labute approximate surface area is 66.8 Å². The van der Waals surface area contributed by atoms with Crippen LogP contribution in [0.1, 0.15) is 12.6 Å². The minimum absolute atomic E-state index is 0.158. The molecule has 56 valence electrons. The molecular formula is C5H4N4OS. The predicted molar refractivity (Wildman–Crippen MR) is 38.9 cm³/mol. The van der Waals surface area contributed by atoms with Crippen LogP contribution in [0.2, 0.25) is 0 Å². The van der Waals surface area contributed by atoms with Gasteiger partial charge < -0.3 is 5.32 Å². The van der Waals surface area contributed by atoms with Crippen LogP contribution in [0.5, 0.6) is 0 Å². The van der Waals surface area contributed by atoms with Gasteiger partial charge in [-0.2, -0.15) is 5.26 Å². The van der Waals surface area contributed by atoms with Crippen molar-refractivity contribution in [2.24, 2.45) is 0 Å². The van der Waals surface area contributed by atoms with Crippen LogP contribution in [0.15, 0.2) is 0 Å². The van der Waals surface area contributed by atoms with E-state index in [9.17, 15) is 4.79 Å². The lowest BCUT2D eigenvalue weighted by molar-refractivity contribution is -0.114. The number of hydrogen-bond donors (Lipinski definition) is 1. The summed E-state index contributed by atoms with van der Waals surface area (Å²) >= 11 is 0.987. The molecule has 0 atom stereocenters. The first-order chi connectivity index (χ1) is 5.24. The van der Waals surface area contributed by atoms with Crippen molar-refractivity contribution in [1.29, 1.82) is 5.26 Å². The molecule has 0 fully saturated rings. The van der Waals surface area contributed by atoms with Gasteiger partial charge in [0.05, 0.1) is 0 Å². The lowest BCUT2D eigenvalue weighted by Crippen LogP contribution is -2.05. The van der Waals surface area contributed by atoms with E-state index < -0.39 is 0 Å². The normalized spacial score (nSPS) is 8.73. The fourth-order valence-electron chi connectivity index (χ4n) is 0.506. The number of nitrogens with zero attached hydrogens (tertiary/aromatic N) is 3. The Morgan fingerprint density at radius 3 is 3.09 bits per heavy atom. The number of aromatic nitrogens is 2. The van der Waals surface area contributed by atoms with Crippen molar-refractivity contribution < 1.29 is 4.79 Å². The van der Waals surface area contributed by atoms with Crippen LogP contribution in [-0.4, -0.2) is 15.5 Å². The number of nitriles is 1. The molecule has 11 heavy (non-hydrogen) atoms. The molecular weight excluding hydrogens is 164 g/mol. The van der Waals surface area contributed by atoms with Crippen LogP contribution >= 0.6 is 11.5 Å². The second-order valence-electron chi connectivity index (χ2n) is 1.74. The first kappa shape index (κ1) is 7.63. The molecule has 1 amide bonds. The van der Waals surface area contributed by atoms with Crippen molar-refractivity contribution in [1.82, 2.24) is 9.59 Å². The van der Waals surface area contributed by atoms with Crippen molar-refractivity contribution in [2.75, 3.05) is 5.32 Å². The molecule has 0 saturated heterocycles. The summed E-state index contributed by atoms with van der Waals surface area (Å²) in [4.78, 5) is 10.5. The molecule has 5 nitrogen and oxygen atoms in total. The quantitative estimate of drug-likeness (QED) is 0.657. The average Bonchev–Trinajstić information content (AvgIpc) is 2.34. The second-order valence-corrected chi connectivity index (χ2v) is 2.50. The van der Waals surface area contributed by atoms with E-state index in [1.807, 2.05) is 0 Å². The summed E-state index contributed by atoms with van der Waals surface area (Å²) in [6, 6.07) is 1.80. The summed E-state index contributed by atoms with van der Waals surface area (Å²) in [6.07, 6.45) is 0. The molecule has 0 bridgehead atoms. The lowest BCUT2D eigenvalue weighted by atomic mass is 10.5. The van der Waals surface area contributed by atoms with E-state index >= 15 is 0 Å². The third-order valence-corrected chi connectivity index (χ3v) is 1.52. The number of rotatable bonds is 1. The van der Waals surface area contributed by atoms with Crippen molar-refractivity contribution in [2.45, 2.75) is 6.92 Å². The Hall–Kier alpha value is -1.48. The number of anilines is 1. The Bertz CT molecular complexity index is 313. The van der Waals surface area contributed by atoms with Crippen LogP contribution in [0.3, 0.4) is 0 Å². The fraction of sp³-hybridized carbons (Fsp3) is 0.200. The minimum atomic E-state index is -0.229. The minimum Gasteiger partial charge on any atom is -0.314 e. The first-order valence-electron chi connectivity index (χ1n) is 2.74. The molecule has 0 radical (unpaired) electrons. The molecule has 0 aliphatic carbocycles. The molecule has 6 heteroatoms. The van der Waals surface area contributed by atoms with E-state index in [0.717, 1.165) is 11.5 Å². The van der Waals surface area contributed by atoms with Gasteiger partial charge in [-0.05, 0) is 0 Å². The zero-order valence-corrected chi connectivity index (χ0v) is 6.47. The first-order valence-corrected chi connectivity index (χ1v) is 3.51. The van der Waals surface area contributed by atoms with Crippen LogP contribution in [0.25, 0.3) is 0 Å². The van der Waals surface area contributed by atoms with Gasteiger partial charge in [-0.3, -0.25) is 4.79 Å². The number of nitrogens with one attached hydrogen (secondary N) is 1. The SMILES string of the molecule is CC(=O)Nc1snnc1C#N. The summed E-state index contributed by atoms with van der Waals surface area (Å²) in [5.41, 5.74) is 0.158. The van der Waals surface area contributed by atoms with E-state index in [4.69, 9.17) is 5.26 Å². The van der Waals surface area contributed by atoms with E-state index in [-0.39, 0.29) is 11.6 Å². The summed E-state index contributed by atoms with van der Waals surface area (Å²) in [5.74, 6) is -0.229. The van der Waals surface area contributed by atoms with Crippen LogP contribution in [0.4, 0.5) is 5.00 Å². The Kier molecular flexibility index (Phi) is 2.13. The highest BCUT2D eigenvalue weighted by Gasteiger charge is 2.06. The van der Waals surface area contributed by atoms with Gasteiger partial charge in [-0.15, -0.1) is 5.10 Å². The molecule has 1 N–H and O–H groups in total. The van der Waals surface area contributed by atoms with Gasteiger partial charge in [0.2, 0.25) is 5.91 Å². The fourth-order valence-corrected chi connectivity index (χ4v) is 1.07. The topological polar surface area (TPSA) is 78.7 Å². The molecule has 1 heterocycles. The predicted octanol–water partition coefficient (Wildman–Crippen LogP) is 0.368. The molecule has 0 aromatic carbocycles. The highest BCUT2D eigenvalue weighted by atomic mass is 32.1. The third kappa shape index (κ3) is 1.72. The monoisotopic (exact) mass is 168 g/mol. The molecule has 1 rings (SSSR count). The van der Waals surface area contributed by atoms with Gasteiger partial charge >= 0.3 is 0 Å². The molecule has 1 aromatic heterocycles. The maximum absolute atomic E-state index is 10.5. The van der Waals surface area contributed by atoms with Crippen molar-refractivity contribution >= 4 is 22.4 Å². The standard InChI is InChI=1S/C5H4N4OS/c1-3(10)7-5-4(2-6)8-9-11-5/h1H3,(H,7,10). The van der Waals surface area contributed by atoms with Crippen LogP contribution in [0, 0.1) is 11.3 Å². The van der Waals surface area contributed by atoms with Crippen LogP contribution < -0.4 is 5.32 Å². The maximum Gasteiger partial charge on any atom is 0.221 e. The largest absolute Gasteiger partial charge is 0.314 e. The van der Waals surface area contributed by atoms with Crippen molar-refractivity contribution in [3.63, 3.8) is 0 Å². The summed E-state index contributed by atoms with van der Waals surface area (Å²) < 4.78 is 3.50. The van der Waals surface area contributed by atoms with Gasteiger partial charge in [0.1, 0.15) is 6.07 Å². The highest BCUT2D eigenvalue weighted by molar-refractivity contribution is 7.10. The van der Waals surface area contributed by atoms with E-state index in [1.165, 1.54) is 6.92 Å². The molecule has 1 aromatic rings. The van der Waals surface area contributed by atoms with Gasteiger partial charge in [0.25, 0.3) is 0 Å². The van der Waals surface area contributed by atoms with E-state index in [0.29, 0.717) is 5.00 Å². The number of carbonyl (C=O) groups excluding carboxylic acids is 1. The number of amides is 1. The molecule has 0 spiro atoms. The molecule has 0 aliphatic heterocycles. The maximum atomic E-state index is 10.5. The average molecular weight is 168 g/mol. The second kappa shape index (κ2) is 3.07. The molecule has 0 aliphatic rings. The van der Waals surface area contributed by atoms with Gasteiger partial charge in [-0.25, -0.2) is 0 Å². The molecule has 0 saturated carbocycles. The van der Waals surface area contributed by atoms with E-state index in [2.05, 4.69) is 14.9 Å². The van der Waals surface area contributed by atoms with Gasteiger partial charge in [0, 0.05) is 18.5 Å². The third-order valence-electron chi connectivity index (χ3n) is 0.883. The molecule has 0 unspecified atom stereocenters. The highest BCUT2D eigenvalue weighted by Crippen LogP contribution is 2.15. The van der Waals surface area contributed by atoms with Gasteiger partial charge in [0.15, 0.2) is 10.7 Å². The Morgan fingerprint density at radius 1 is 1.82 bits per heavy atom. The Morgan fingerprint density at radius 2 is 2.55 bits per heavy atom. The van der Waals surface area contributed by atoms with Crippen molar-refractivity contribution in [3.05, 3.63) is 5.69 Å². The smallest absolute Gasteiger partial charge is 0.221 e. The summed E-state index contributed by atoms with van der Waals surface area (Å²) in [7, 11) is 0. The van der Waals surface area contributed by atoms with E-state index in [1.54, 1.807) is 6.07 Å². The van der Waals surface area contributed by atoms with Crippen molar-refractivity contribution in [3.8, 4) is 6.07 Å². The lowest BCUT2D eigenvalue weighted by Gasteiger charge is -1.92. The number of carbonyl (C=O) groups is 1.